The number of para-hydroxylation sites is 1. The maximum Gasteiger partial charge on any atom is 0.207 e. The van der Waals surface area contributed by atoms with Crippen molar-refractivity contribution in [2.45, 2.75) is 19.0 Å². The molecule has 3 aromatic rings. The van der Waals surface area contributed by atoms with Crippen LogP contribution >= 0.6 is 23.6 Å². The Hall–Kier alpha value is -2.02. The fraction of sp³-hybridized carbons (Fsp3) is 0.176. The van der Waals surface area contributed by atoms with Gasteiger partial charge in [-0.25, -0.2) is 9.99 Å². The summed E-state index contributed by atoms with van der Waals surface area (Å²) in [4.78, 5) is 4.69. The largest absolute Gasteiger partial charge is 0.338 e. The minimum absolute atomic E-state index is 0.393. The SMILES string of the molecule is CC[C@]1(c2ccccc2)NC(=S)N(c2nc3ccccc3s2)N1. The molecule has 4 nitrogen and oxygen atoms in total. The second-order valence-electron chi connectivity index (χ2n) is 5.47. The van der Waals surface area contributed by atoms with Crippen LogP contribution in [0, 0.1) is 0 Å². The third-order valence-corrected chi connectivity index (χ3v) is 5.40. The van der Waals surface area contributed by atoms with Gasteiger partial charge in [-0.05, 0) is 36.3 Å². The Morgan fingerprint density at radius 1 is 1.13 bits per heavy atom. The van der Waals surface area contributed by atoms with Crippen LogP contribution in [0.25, 0.3) is 10.2 Å². The van der Waals surface area contributed by atoms with E-state index >= 15 is 0 Å². The maximum absolute atomic E-state index is 5.56. The molecule has 116 valence electrons. The number of thiocarbonyl (C=S) groups is 1. The summed E-state index contributed by atoms with van der Waals surface area (Å²) in [5.41, 5.74) is 5.29. The monoisotopic (exact) mass is 340 g/mol. The number of anilines is 1. The van der Waals surface area contributed by atoms with Crippen molar-refractivity contribution in [2.24, 2.45) is 0 Å². The lowest BCUT2D eigenvalue weighted by Crippen LogP contribution is -2.47. The number of aromatic nitrogens is 1. The quantitative estimate of drug-likeness (QED) is 0.711. The Bertz CT molecular complexity index is 828. The number of nitrogens with zero attached hydrogens (tertiary/aromatic N) is 2. The van der Waals surface area contributed by atoms with E-state index < -0.39 is 5.66 Å². The first-order valence-electron chi connectivity index (χ1n) is 7.53. The summed E-state index contributed by atoms with van der Waals surface area (Å²) in [5.74, 6) is 0. The molecule has 4 rings (SSSR count). The summed E-state index contributed by atoms with van der Waals surface area (Å²) in [6.07, 6.45) is 0.860. The minimum Gasteiger partial charge on any atom is -0.338 e. The second-order valence-corrected chi connectivity index (χ2v) is 6.86. The van der Waals surface area contributed by atoms with Gasteiger partial charge >= 0.3 is 0 Å². The topological polar surface area (TPSA) is 40.2 Å². The highest BCUT2D eigenvalue weighted by molar-refractivity contribution is 7.80. The number of hydrogen-bond donors (Lipinski definition) is 2. The lowest BCUT2D eigenvalue weighted by atomic mass is 9.98. The molecule has 0 amide bonds. The molecule has 2 aromatic carbocycles. The van der Waals surface area contributed by atoms with E-state index in [1.54, 1.807) is 11.3 Å². The third-order valence-electron chi connectivity index (χ3n) is 4.10. The summed E-state index contributed by atoms with van der Waals surface area (Å²) < 4.78 is 1.15. The molecule has 1 aromatic heterocycles. The number of benzene rings is 2. The van der Waals surface area contributed by atoms with Crippen molar-refractivity contribution in [3.05, 3.63) is 60.2 Å². The standard InChI is InChI=1S/C17H16N4S2/c1-2-17(12-8-4-3-5-9-12)19-15(22)21(20-17)16-18-13-10-6-7-11-14(13)23-16/h3-11,20H,2H2,1H3,(H,19,22)/t17-/m0/s1. The molecule has 0 spiro atoms. The molecule has 2 heterocycles. The first-order chi connectivity index (χ1) is 11.2. The third kappa shape index (κ3) is 2.39. The van der Waals surface area contributed by atoms with Gasteiger partial charge in [-0.1, -0.05) is 60.7 Å². The van der Waals surface area contributed by atoms with Gasteiger partial charge in [0.15, 0.2) is 5.11 Å². The number of fused-ring (bicyclic) bond motifs is 1. The number of hydrazine groups is 1. The highest BCUT2D eigenvalue weighted by Crippen LogP contribution is 2.33. The maximum atomic E-state index is 5.56. The lowest BCUT2D eigenvalue weighted by molar-refractivity contribution is 0.337. The normalized spacial score (nSPS) is 20.9. The number of thiazole rings is 1. The molecule has 2 N–H and O–H groups in total. The molecule has 23 heavy (non-hydrogen) atoms. The van der Waals surface area contributed by atoms with E-state index in [1.807, 2.05) is 41.4 Å². The Labute approximate surface area is 144 Å². The smallest absolute Gasteiger partial charge is 0.207 e. The minimum atomic E-state index is -0.393. The molecule has 1 saturated heterocycles. The van der Waals surface area contributed by atoms with E-state index in [2.05, 4.69) is 35.9 Å². The molecule has 1 atom stereocenters. The molecule has 0 saturated carbocycles. The number of hydrogen-bond acceptors (Lipinski definition) is 4. The lowest BCUT2D eigenvalue weighted by Gasteiger charge is -2.28. The van der Waals surface area contributed by atoms with Crippen molar-refractivity contribution < 1.29 is 0 Å². The van der Waals surface area contributed by atoms with Crippen LogP contribution in [0.4, 0.5) is 5.13 Å². The molecule has 1 fully saturated rings. The first kappa shape index (κ1) is 14.6. The van der Waals surface area contributed by atoms with Gasteiger partial charge in [0.1, 0.15) is 5.66 Å². The van der Waals surface area contributed by atoms with Crippen LogP contribution in [-0.4, -0.2) is 10.1 Å². The molecule has 6 heteroatoms. The van der Waals surface area contributed by atoms with Gasteiger partial charge in [-0.3, -0.25) is 0 Å². The van der Waals surface area contributed by atoms with E-state index in [1.165, 1.54) is 0 Å². The molecule has 0 bridgehead atoms. The highest BCUT2D eigenvalue weighted by Gasteiger charge is 2.41. The van der Waals surface area contributed by atoms with E-state index in [0.717, 1.165) is 27.3 Å². The van der Waals surface area contributed by atoms with Gasteiger partial charge in [0.05, 0.1) is 10.2 Å². The Morgan fingerprint density at radius 2 is 1.87 bits per heavy atom. The zero-order valence-corrected chi connectivity index (χ0v) is 14.2. The summed E-state index contributed by atoms with van der Waals surface area (Å²) in [7, 11) is 0. The second kappa shape index (κ2) is 5.56. The summed E-state index contributed by atoms with van der Waals surface area (Å²) >= 11 is 7.19. The summed E-state index contributed by atoms with van der Waals surface area (Å²) in [6.45, 7) is 2.14. The zero-order valence-electron chi connectivity index (χ0n) is 12.6. The van der Waals surface area contributed by atoms with Gasteiger partial charge in [-0.2, -0.15) is 5.43 Å². The van der Waals surface area contributed by atoms with Gasteiger partial charge in [0.25, 0.3) is 0 Å². The Kier molecular flexibility index (Phi) is 3.52. The zero-order chi connectivity index (χ0) is 15.9. The number of rotatable bonds is 3. The van der Waals surface area contributed by atoms with Crippen molar-refractivity contribution in [2.75, 3.05) is 5.01 Å². The highest BCUT2D eigenvalue weighted by atomic mass is 32.1. The first-order valence-corrected chi connectivity index (χ1v) is 8.75. The van der Waals surface area contributed by atoms with Crippen LogP contribution in [0.1, 0.15) is 18.9 Å². The van der Waals surface area contributed by atoms with Crippen molar-refractivity contribution in [1.82, 2.24) is 15.7 Å². The molecule has 0 unspecified atom stereocenters. The van der Waals surface area contributed by atoms with Gasteiger partial charge in [0, 0.05) is 0 Å². The summed E-state index contributed by atoms with van der Waals surface area (Å²) in [6, 6.07) is 18.4. The molecule has 1 aliphatic heterocycles. The van der Waals surface area contributed by atoms with E-state index in [0.29, 0.717) is 5.11 Å². The van der Waals surface area contributed by atoms with Crippen LogP contribution in [0.3, 0.4) is 0 Å². The molecular formula is C17H16N4S2. The predicted molar refractivity (Wildman–Crippen MR) is 99.4 cm³/mol. The summed E-state index contributed by atoms with van der Waals surface area (Å²) in [5, 5.41) is 6.83. The van der Waals surface area contributed by atoms with E-state index in [9.17, 15) is 0 Å². The van der Waals surface area contributed by atoms with E-state index in [4.69, 9.17) is 17.2 Å². The number of nitrogens with one attached hydrogen (secondary N) is 2. The van der Waals surface area contributed by atoms with Gasteiger partial charge in [0.2, 0.25) is 5.13 Å². The van der Waals surface area contributed by atoms with Crippen LogP contribution in [0.15, 0.2) is 54.6 Å². The van der Waals surface area contributed by atoms with Crippen LogP contribution in [0.2, 0.25) is 0 Å². The average Bonchev–Trinajstić information content (AvgIpc) is 3.17. The average molecular weight is 340 g/mol. The van der Waals surface area contributed by atoms with Crippen LogP contribution < -0.4 is 15.8 Å². The van der Waals surface area contributed by atoms with Crippen molar-refractivity contribution in [3.8, 4) is 0 Å². The molecule has 0 aliphatic carbocycles. The Morgan fingerprint density at radius 3 is 2.61 bits per heavy atom. The Balaban J connectivity index is 1.72. The van der Waals surface area contributed by atoms with Crippen molar-refractivity contribution in [3.63, 3.8) is 0 Å². The van der Waals surface area contributed by atoms with Gasteiger partial charge in [-0.15, -0.1) is 0 Å². The van der Waals surface area contributed by atoms with Crippen molar-refractivity contribution in [1.29, 1.82) is 0 Å². The molecule has 0 radical (unpaired) electrons. The van der Waals surface area contributed by atoms with Crippen LogP contribution in [-0.2, 0) is 5.66 Å². The van der Waals surface area contributed by atoms with Crippen LogP contribution in [0.5, 0.6) is 0 Å². The fourth-order valence-corrected chi connectivity index (χ4v) is 4.13. The fourth-order valence-electron chi connectivity index (χ4n) is 2.83. The predicted octanol–water partition coefficient (Wildman–Crippen LogP) is 3.76. The van der Waals surface area contributed by atoms with E-state index in [-0.39, 0.29) is 0 Å². The van der Waals surface area contributed by atoms with Gasteiger partial charge < -0.3 is 5.32 Å². The molecular weight excluding hydrogens is 324 g/mol. The molecule has 1 aliphatic rings. The van der Waals surface area contributed by atoms with Crippen molar-refractivity contribution >= 4 is 44.0 Å².